The molecule has 1 aromatic rings. The highest BCUT2D eigenvalue weighted by molar-refractivity contribution is 5.73. The summed E-state index contributed by atoms with van der Waals surface area (Å²) in [5, 5.41) is 8.44. The standard InChI is InChI=1S/C10H12F2N2O2/c11-10(12,5-8(13)9(15)16)4-7-2-1-3-14-6-7/h1-3,6,8H,4-5,13H2,(H,15,16)/t8-/m0/s1. The van der Waals surface area contributed by atoms with Gasteiger partial charge in [-0.25, -0.2) is 8.78 Å². The Labute approximate surface area is 91.1 Å². The van der Waals surface area contributed by atoms with Crippen LogP contribution in [0.25, 0.3) is 0 Å². The van der Waals surface area contributed by atoms with Crippen molar-refractivity contribution in [3.05, 3.63) is 30.1 Å². The Hall–Kier alpha value is -1.56. The first-order valence-electron chi connectivity index (χ1n) is 4.66. The molecule has 1 aromatic heterocycles. The smallest absolute Gasteiger partial charge is 0.320 e. The minimum Gasteiger partial charge on any atom is -0.480 e. The summed E-state index contributed by atoms with van der Waals surface area (Å²) in [6, 6.07) is 1.50. The number of hydrogen-bond donors (Lipinski definition) is 2. The van der Waals surface area contributed by atoms with Gasteiger partial charge in [0.15, 0.2) is 0 Å². The van der Waals surface area contributed by atoms with E-state index in [1.807, 2.05) is 0 Å². The number of carboxylic acid groups (broad SMARTS) is 1. The van der Waals surface area contributed by atoms with Crippen molar-refractivity contribution in [1.82, 2.24) is 4.98 Å². The maximum atomic E-state index is 13.3. The lowest BCUT2D eigenvalue weighted by Crippen LogP contribution is -2.37. The molecule has 1 rings (SSSR count). The molecule has 0 saturated carbocycles. The van der Waals surface area contributed by atoms with Gasteiger partial charge in [0.25, 0.3) is 5.92 Å². The molecule has 0 unspecified atom stereocenters. The molecule has 1 atom stereocenters. The Bertz CT molecular complexity index is 357. The third kappa shape index (κ3) is 3.90. The van der Waals surface area contributed by atoms with Gasteiger partial charge in [-0.05, 0) is 11.6 Å². The lowest BCUT2D eigenvalue weighted by Gasteiger charge is -2.18. The highest BCUT2D eigenvalue weighted by atomic mass is 19.3. The molecule has 0 bridgehead atoms. The van der Waals surface area contributed by atoms with Gasteiger partial charge < -0.3 is 10.8 Å². The second kappa shape index (κ2) is 4.98. The number of aromatic nitrogens is 1. The normalized spacial score (nSPS) is 13.4. The third-order valence-electron chi connectivity index (χ3n) is 2.02. The van der Waals surface area contributed by atoms with Crippen molar-refractivity contribution >= 4 is 5.97 Å². The van der Waals surface area contributed by atoms with E-state index in [9.17, 15) is 13.6 Å². The van der Waals surface area contributed by atoms with Gasteiger partial charge in [0, 0.05) is 25.2 Å². The van der Waals surface area contributed by atoms with Crippen LogP contribution in [-0.2, 0) is 11.2 Å². The Balaban J connectivity index is 2.61. The number of rotatable bonds is 5. The van der Waals surface area contributed by atoms with Crippen LogP contribution in [0.5, 0.6) is 0 Å². The second-order valence-corrected chi connectivity index (χ2v) is 3.54. The maximum absolute atomic E-state index is 13.3. The second-order valence-electron chi connectivity index (χ2n) is 3.54. The van der Waals surface area contributed by atoms with Crippen LogP contribution in [0.4, 0.5) is 8.78 Å². The molecule has 6 heteroatoms. The molecule has 0 aromatic carbocycles. The fourth-order valence-corrected chi connectivity index (χ4v) is 1.28. The molecule has 0 amide bonds. The highest BCUT2D eigenvalue weighted by Gasteiger charge is 2.34. The number of pyridine rings is 1. The molecule has 0 aliphatic rings. The van der Waals surface area contributed by atoms with Crippen LogP contribution < -0.4 is 5.73 Å². The summed E-state index contributed by atoms with van der Waals surface area (Å²) in [6.07, 6.45) is 1.36. The lowest BCUT2D eigenvalue weighted by atomic mass is 10.0. The number of halogens is 2. The molecular weight excluding hydrogens is 218 g/mol. The van der Waals surface area contributed by atoms with Crippen molar-refractivity contribution in [2.45, 2.75) is 24.8 Å². The lowest BCUT2D eigenvalue weighted by molar-refractivity contribution is -0.141. The Morgan fingerprint density at radius 2 is 2.31 bits per heavy atom. The Morgan fingerprint density at radius 3 is 2.81 bits per heavy atom. The summed E-state index contributed by atoms with van der Waals surface area (Å²) >= 11 is 0. The Kier molecular flexibility index (Phi) is 3.89. The van der Waals surface area contributed by atoms with Crippen LogP contribution in [-0.4, -0.2) is 28.0 Å². The van der Waals surface area contributed by atoms with E-state index in [4.69, 9.17) is 10.8 Å². The number of alkyl halides is 2. The Morgan fingerprint density at radius 1 is 1.62 bits per heavy atom. The first-order chi connectivity index (χ1) is 7.41. The average molecular weight is 230 g/mol. The van der Waals surface area contributed by atoms with Crippen molar-refractivity contribution in [1.29, 1.82) is 0 Å². The quantitative estimate of drug-likeness (QED) is 0.793. The van der Waals surface area contributed by atoms with Gasteiger partial charge in [-0.3, -0.25) is 9.78 Å². The van der Waals surface area contributed by atoms with Crippen LogP contribution in [0.15, 0.2) is 24.5 Å². The first-order valence-corrected chi connectivity index (χ1v) is 4.66. The molecule has 0 fully saturated rings. The number of hydrogen-bond acceptors (Lipinski definition) is 3. The van der Waals surface area contributed by atoms with Crippen molar-refractivity contribution in [2.24, 2.45) is 5.73 Å². The van der Waals surface area contributed by atoms with E-state index in [0.717, 1.165) is 0 Å². The van der Waals surface area contributed by atoms with Gasteiger partial charge in [-0.2, -0.15) is 0 Å². The zero-order chi connectivity index (χ0) is 12.2. The predicted molar refractivity (Wildman–Crippen MR) is 53.1 cm³/mol. The van der Waals surface area contributed by atoms with Crippen LogP contribution in [0.2, 0.25) is 0 Å². The van der Waals surface area contributed by atoms with E-state index >= 15 is 0 Å². The number of nitrogens with two attached hydrogens (primary N) is 1. The fraction of sp³-hybridized carbons (Fsp3) is 0.400. The number of carbonyl (C=O) groups is 1. The monoisotopic (exact) mass is 230 g/mol. The molecule has 0 saturated heterocycles. The predicted octanol–water partition coefficient (Wildman–Crippen LogP) is 1.06. The fourth-order valence-electron chi connectivity index (χ4n) is 1.28. The average Bonchev–Trinajstić information content (AvgIpc) is 2.17. The van der Waals surface area contributed by atoms with Crippen molar-refractivity contribution < 1.29 is 18.7 Å². The maximum Gasteiger partial charge on any atom is 0.320 e. The van der Waals surface area contributed by atoms with Gasteiger partial charge in [0.1, 0.15) is 6.04 Å². The summed E-state index contributed by atoms with van der Waals surface area (Å²) in [7, 11) is 0. The van der Waals surface area contributed by atoms with E-state index in [-0.39, 0.29) is 0 Å². The van der Waals surface area contributed by atoms with Crippen LogP contribution in [0.1, 0.15) is 12.0 Å². The molecule has 0 aliphatic heterocycles. The molecule has 1 heterocycles. The molecule has 88 valence electrons. The van der Waals surface area contributed by atoms with Gasteiger partial charge >= 0.3 is 5.97 Å². The van der Waals surface area contributed by atoms with E-state index in [2.05, 4.69) is 4.98 Å². The molecule has 0 spiro atoms. The van der Waals surface area contributed by atoms with Gasteiger partial charge in [0.2, 0.25) is 0 Å². The largest absolute Gasteiger partial charge is 0.480 e. The number of aliphatic carboxylic acids is 1. The molecule has 4 nitrogen and oxygen atoms in total. The van der Waals surface area contributed by atoms with E-state index in [1.165, 1.54) is 18.5 Å². The number of carboxylic acids is 1. The molecule has 0 radical (unpaired) electrons. The molecule has 3 N–H and O–H groups in total. The van der Waals surface area contributed by atoms with Crippen LogP contribution in [0.3, 0.4) is 0 Å². The zero-order valence-electron chi connectivity index (χ0n) is 8.44. The topological polar surface area (TPSA) is 76.2 Å². The van der Waals surface area contributed by atoms with E-state index in [1.54, 1.807) is 6.07 Å². The summed E-state index contributed by atoms with van der Waals surface area (Å²) in [5.74, 6) is -4.56. The minimum absolute atomic E-state index is 0.352. The van der Waals surface area contributed by atoms with Crippen molar-refractivity contribution in [3.63, 3.8) is 0 Å². The van der Waals surface area contributed by atoms with Gasteiger partial charge in [-0.15, -0.1) is 0 Å². The van der Waals surface area contributed by atoms with Crippen LogP contribution in [0, 0.1) is 0 Å². The molecule has 16 heavy (non-hydrogen) atoms. The molecule has 0 aliphatic carbocycles. The summed E-state index contributed by atoms with van der Waals surface area (Å²) in [5.41, 5.74) is 5.41. The summed E-state index contributed by atoms with van der Waals surface area (Å²) < 4.78 is 26.7. The third-order valence-corrected chi connectivity index (χ3v) is 2.02. The van der Waals surface area contributed by atoms with E-state index in [0.29, 0.717) is 5.56 Å². The highest BCUT2D eigenvalue weighted by Crippen LogP contribution is 2.24. The van der Waals surface area contributed by atoms with Gasteiger partial charge in [-0.1, -0.05) is 6.07 Å². The van der Waals surface area contributed by atoms with Crippen LogP contribution >= 0.6 is 0 Å². The van der Waals surface area contributed by atoms with Crippen molar-refractivity contribution in [3.8, 4) is 0 Å². The minimum atomic E-state index is -3.14. The zero-order valence-corrected chi connectivity index (χ0v) is 8.44. The van der Waals surface area contributed by atoms with Gasteiger partial charge in [0.05, 0.1) is 0 Å². The summed E-state index contributed by atoms with van der Waals surface area (Å²) in [4.78, 5) is 14.1. The summed E-state index contributed by atoms with van der Waals surface area (Å²) in [6.45, 7) is 0. The molecular formula is C10H12F2N2O2. The first kappa shape index (κ1) is 12.5. The number of nitrogens with zero attached hydrogens (tertiary/aromatic N) is 1. The van der Waals surface area contributed by atoms with E-state index < -0.39 is 30.8 Å². The SMILES string of the molecule is N[C@@H](CC(F)(F)Cc1cccnc1)C(=O)O. The van der Waals surface area contributed by atoms with Crippen molar-refractivity contribution in [2.75, 3.05) is 0 Å².